The van der Waals surface area contributed by atoms with Crippen LogP contribution in [0.3, 0.4) is 0 Å². The maximum Gasteiger partial charge on any atom is 0.308 e. The lowest BCUT2D eigenvalue weighted by atomic mass is 10.2. The van der Waals surface area contributed by atoms with E-state index in [0.29, 0.717) is 23.9 Å². The summed E-state index contributed by atoms with van der Waals surface area (Å²) in [7, 11) is 1.52. The molecule has 8 heteroatoms. The average Bonchev–Trinajstić information content (AvgIpc) is 2.62. The monoisotopic (exact) mass is 358 g/mol. The Labute approximate surface area is 151 Å². The number of aryl methyl sites for hydroxylation is 1. The van der Waals surface area contributed by atoms with Crippen molar-refractivity contribution in [2.75, 3.05) is 24.3 Å². The summed E-state index contributed by atoms with van der Waals surface area (Å²) in [6, 6.07) is 7.12. The summed E-state index contributed by atoms with van der Waals surface area (Å²) in [6.45, 7) is 3.73. The molecule has 0 aliphatic rings. The number of nitrogens with one attached hydrogen (secondary N) is 2. The zero-order chi connectivity index (χ0) is 18.9. The minimum Gasteiger partial charge on any atom is -0.495 e. The van der Waals surface area contributed by atoms with E-state index in [1.54, 1.807) is 30.6 Å². The van der Waals surface area contributed by atoms with Gasteiger partial charge < -0.3 is 20.1 Å². The standard InChI is InChI=1S/C18H22N4O4/c1-12-5-6-15(25-3)14(11-12)22-17(24)13(2)26-16(23)7-10-21-18-19-8-4-9-20-18/h4-6,8-9,11,13H,7,10H2,1-3H3,(H,22,24)(H,19,20,21). The second-order valence-corrected chi connectivity index (χ2v) is 5.57. The van der Waals surface area contributed by atoms with Gasteiger partial charge in [-0.25, -0.2) is 9.97 Å². The second-order valence-electron chi connectivity index (χ2n) is 5.57. The van der Waals surface area contributed by atoms with Gasteiger partial charge in [0, 0.05) is 18.9 Å². The molecule has 1 atom stereocenters. The smallest absolute Gasteiger partial charge is 0.308 e. The van der Waals surface area contributed by atoms with E-state index in [4.69, 9.17) is 9.47 Å². The van der Waals surface area contributed by atoms with E-state index in [2.05, 4.69) is 20.6 Å². The topological polar surface area (TPSA) is 102 Å². The molecule has 0 bridgehead atoms. The first kappa shape index (κ1) is 19.2. The molecule has 0 radical (unpaired) electrons. The van der Waals surface area contributed by atoms with Crippen LogP contribution in [0.5, 0.6) is 5.75 Å². The first-order valence-electron chi connectivity index (χ1n) is 8.15. The Hall–Kier alpha value is -3.16. The molecule has 0 fully saturated rings. The fourth-order valence-electron chi connectivity index (χ4n) is 2.13. The summed E-state index contributed by atoms with van der Waals surface area (Å²) in [5.41, 5.74) is 1.50. The Bertz CT molecular complexity index is 752. The Morgan fingerprint density at radius 1 is 1.23 bits per heavy atom. The predicted octanol–water partition coefficient (Wildman–Crippen LogP) is 2.17. The summed E-state index contributed by atoms with van der Waals surface area (Å²) < 4.78 is 10.4. The highest BCUT2D eigenvalue weighted by molar-refractivity contribution is 5.96. The van der Waals surface area contributed by atoms with Crippen LogP contribution in [0.25, 0.3) is 0 Å². The number of hydrogen-bond acceptors (Lipinski definition) is 7. The summed E-state index contributed by atoms with van der Waals surface area (Å²) in [6.07, 6.45) is 2.35. The van der Waals surface area contributed by atoms with Crippen molar-refractivity contribution in [3.8, 4) is 5.75 Å². The van der Waals surface area contributed by atoms with Crippen LogP contribution in [0.15, 0.2) is 36.7 Å². The van der Waals surface area contributed by atoms with E-state index in [1.165, 1.54) is 14.0 Å². The minimum atomic E-state index is -0.930. The maximum atomic E-state index is 12.2. The number of nitrogens with zero attached hydrogens (tertiary/aromatic N) is 2. The van der Waals surface area contributed by atoms with E-state index in [9.17, 15) is 9.59 Å². The maximum absolute atomic E-state index is 12.2. The molecular weight excluding hydrogens is 336 g/mol. The zero-order valence-electron chi connectivity index (χ0n) is 15.0. The fourth-order valence-corrected chi connectivity index (χ4v) is 2.13. The van der Waals surface area contributed by atoms with Crippen molar-refractivity contribution in [3.63, 3.8) is 0 Å². The fraction of sp³-hybridized carbons (Fsp3) is 0.333. The molecule has 0 aliphatic heterocycles. The predicted molar refractivity (Wildman–Crippen MR) is 97.1 cm³/mol. The lowest BCUT2D eigenvalue weighted by molar-refractivity contribution is -0.152. The highest BCUT2D eigenvalue weighted by atomic mass is 16.5. The van der Waals surface area contributed by atoms with Gasteiger partial charge in [0.05, 0.1) is 19.2 Å². The summed E-state index contributed by atoms with van der Waals surface area (Å²) in [5.74, 6) is 0.0426. The molecule has 1 heterocycles. The van der Waals surface area contributed by atoms with Gasteiger partial charge in [0.1, 0.15) is 5.75 Å². The molecule has 0 saturated carbocycles. The van der Waals surface area contributed by atoms with Crippen LogP contribution in [0.4, 0.5) is 11.6 Å². The average molecular weight is 358 g/mol. The van der Waals surface area contributed by atoms with Crippen LogP contribution in [0, 0.1) is 6.92 Å². The van der Waals surface area contributed by atoms with Gasteiger partial charge >= 0.3 is 5.97 Å². The SMILES string of the molecule is COc1ccc(C)cc1NC(=O)C(C)OC(=O)CCNc1ncccn1. The van der Waals surface area contributed by atoms with Gasteiger partial charge in [-0.2, -0.15) is 0 Å². The molecule has 1 amide bonds. The van der Waals surface area contributed by atoms with Gasteiger partial charge in [0.25, 0.3) is 5.91 Å². The molecule has 1 unspecified atom stereocenters. The van der Waals surface area contributed by atoms with Gasteiger partial charge in [-0.05, 0) is 37.6 Å². The molecule has 0 aliphatic carbocycles. The number of rotatable bonds is 8. The number of amides is 1. The number of carbonyl (C=O) groups excluding carboxylic acids is 2. The van der Waals surface area contributed by atoms with Crippen molar-refractivity contribution in [3.05, 3.63) is 42.2 Å². The minimum absolute atomic E-state index is 0.0869. The van der Waals surface area contributed by atoms with Gasteiger partial charge in [0.15, 0.2) is 6.10 Å². The number of hydrogen-bond donors (Lipinski definition) is 2. The van der Waals surface area contributed by atoms with Crippen LogP contribution in [-0.2, 0) is 14.3 Å². The normalized spacial score (nSPS) is 11.3. The number of anilines is 2. The van der Waals surface area contributed by atoms with Crippen LogP contribution in [-0.4, -0.2) is 41.6 Å². The second kappa shape index (κ2) is 9.36. The molecule has 1 aromatic heterocycles. The molecule has 2 N–H and O–H groups in total. The van der Waals surface area contributed by atoms with Gasteiger partial charge in [-0.1, -0.05) is 6.07 Å². The number of carbonyl (C=O) groups is 2. The Morgan fingerprint density at radius 2 is 1.96 bits per heavy atom. The van der Waals surface area contributed by atoms with E-state index in [0.717, 1.165) is 5.56 Å². The molecular formula is C18H22N4O4. The summed E-state index contributed by atoms with van der Waals surface area (Å²) in [4.78, 5) is 32.1. The number of aromatic nitrogens is 2. The molecule has 8 nitrogen and oxygen atoms in total. The lowest BCUT2D eigenvalue weighted by Crippen LogP contribution is -2.30. The van der Waals surface area contributed by atoms with Crippen molar-refractivity contribution >= 4 is 23.5 Å². The van der Waals surface area contributed by atoms with Gasteiger partial charge in [-0.3, -0.25) is 9.59 Å². The molecule has 1 aromatic carbocycles. The quantitative estimate of drug-likeness (QED) is 0.697. The molecule has 26 heavy (non-hydrogen) atoms. The van der Waals surface area contributed by atoms with Crippen molar-refractivity contribution in [1.29, 1.82) is 0 Å². The molecule has 2 aromatic rings. The third kappa shape index (κ3) is 5.73. The van der Waals surface area contributed by atoms with Crippen molar-refractivity contribution in [2.24, 2.45) is 0 Å². The van der Waals surface area contributed by atoms with Crippen molar-refractivity contribution in [2.45, 2.75) is 26.4 Å². The summed E-state index contributed by atoms with van der Waals surface area (Å²) in [5, 5.41) is 5.61. The largest absolute Gasteiger partial charge is 0.495 e. The van der Waals surface area contributed by atoms with E-state index < -0.39 is 18.0 Å². The van der Waals surface area contributed by atoms with Crippen LogP contribution in [0.2, 0.25) is 0 Å². The Morgan fingerprint density at radius 3 is 2.65 bits per heavy atom. The van der Waals surface area contributed by atoms with E-state index in [1.807, 2.05) is 13.0 Å². The third-order valence-corrected chi connectivity index (χ3v) is 3.47. The first-order valence-corrected chi connectivity index (χ1v) is 8.15. The third-order valence-electron chi connectivity index (χ3n) is 3.47. The van der Waals surface area contributed by atoms with E-state index >= 15 is 0 Å². The number of ether oxygens (including phenoxy) is 2. The number of methoxy groups -OCH3 is 1. The highest BCUT2D eigenvalue weighted by Gasteiger charge is 2.19. The molecule has 0 spiro atoms. The van der Waals surface area contributed by atoms with Crippen molar-refractivity contribution in [1.82, 2.24) is 9.97 Å². The lowest BCUT2D eigenvalue weighted by Gasteiger charge is -2.15. The van der Waals surface area contributed by atoms with Crippen LogP contribution < -0.4 is 15.4 Å². The zero-order valence-corrected chi connectivity index (χ0v) is 15.0. The molecule has 2 rings (SSSR count). The number of esters is 1. The van der Waals surface area contributed by atoms with Crippen LogP contribution >= 0.6 is 0 Å². The summed E-state index contributed by atoms with van der Waals surface area (Å²) >= 11 is 0. The molecule has 0 saturated heterocycles. The highest BCUT2D eigenvalue weighted by Crippen LogP contribution is 2.25. The van der Waals surface area contributed by atoms with E-state index in [-0.39, 0.29) is 6.42 Å². The molecule has 138 valence electrons. The Balaban J connectivity index is 1.81. The Kier molecular flexibility index (Phi) is 6.90. The number of benzene rings is 1. The first-order chi connectivity index (χ1) is 12.5. The van der Waals surface area contributed by atoms with Crippen LogP contribution in [0.1, 0.15) is 18.9 Å². The van der Waals surface area contributed by atoms with Gasteiger partial charge in [-0.15, -0.1) is 0 Å². The van der Waals surface area contributed by atoms with Gasteiger partial charge in [0.2, 0.25) is 5.95 Å². The van der Waals surface area contributed by atoms with Crippen molar-refractivity contribution < 1.29 is 19.1 Å².